The summed E-state index contributed by atoms with van der Waals surface area (Å²) in [6.07, 6.45) is 1.73. The Labute approximate surface area is 155 Å². The van der Waals surface area contributed by atoms with Gasteiger partial charge in [0, 0.05) is 18.8 Å². The molecule has 2 aromatic heterocycles. The summed E-state index contributed by atoms with van der Waals surface area (Å²) < 4.78 is 24.8. The molecule has 7 heteroatoms. The Morgan fingerprint density at radius 2 is 2.04 bits per heavy atom. The first-order chi connectivity index (χ1) is 12.7. The molecule has 1 aromatic carbocycles. The van der Waals surface area contributed by atoms with E-state index in [-0.39, 0.29) is 18.0 Å². The molecule has 2 unspecified atom stereocenters. The van der Waals surface area contributed by atoms with Gasteiger partial charge in [0.25, 0.3) is 0 Å². The minimum absolute atomic E-state index is 0.00438. The lowest BCUT2D eigenvalue weighted by atomic mass is 10.1. The zero-order chi connectivity index (χ0) is 17.9. The van der Waals surface area contributed by atoms with Gasteiger partial charge in [-0.25, -0.2) is 9.37 Å². The molecule has 0 N–H and O–H groups in total. The van der Waals surface area contributed by atoms with Gasteiger partial charge in [-0.1, -0.05) is 0 Å². The predicted molar refractivity (Wildman–Crippen MR) is 98.3 cm³/mol. The number of rotatable bonds is 4. The molecular formula is C19H18FN3O2S. The van der Waals surface area contributed by atoms with E-state index in [0.717, 1.165) is 0 Å². The average molecular weight is 371 g/mol. The molecule has 0 spiro atoms. The van der Waals surface area contributed by atoms with Crippen LogP contribution in [0.5, 0.6) is 11.6 Å². The smallest absolute Gasteiger partial charge is 0.228 e. The normalized spacial score (nSPS) is 20.2. The van der Waals surface area contributed by atoms with E-state index in [1.54, 1.807) is 35.7 Å². The molecule has 3 aromatic rings. The molecule has 5 nitrogen and oxygen atoms in total. The van der Waals surface area contributed by atoms with Crippen molar-refractivity contribution in [2.75, 3.05) is 18.0 Å². The standard InChI is InChI=1S/C19H18FN3O2S/c1-13-10-23(11-17(24-13)14-7-9-26-12-14)19-21-8-6-18(22-19)25-16-4-2-15(20)3-5-16/h2-9,12-13,17H,10-11H2,1H3. The van der Waals surface area contributed by atoms with E-state index in [1.807, 2.05) is 6.92 Å². The van der Waals surface area contributed by atoms with E-state index in [9.17, 15) is 4.39 Å². The highest BCUT2D eigenvalue weighted by Gasteiger charge is 2.28. The van der Waals surface area contributed by atoms with Gasteiger partial charge in [0.1, 0.15) is 17.7 Å². The van der Waals surface area contributed by atoms with E-state index in [1.165, 1.54) is 17.7 Å². The molecule has 134 valence electrons. The summed E-state index contributed by atoms with van der Waals surface area (Å²) in [6, 6.07) is 9.62. The van der Waals surface area contributed by atoms with E-state index in [2.05, 4.69) is 31.7 Å². The zero-order valence-electron chi connectivity index (χ0n) is 14.2. The van der Waals surface area contributed by atoms with Crippen LogP contribution in [0.15, 0.2) is 53.4 Å². The van der Waals surface area contributed by atoms with Crippen molar-refractivity contribution in [3.8, 4) is 11.6 Å². The molecule has 1 aliphatic rings. The highest BCUT2D eigenvalue weighted by molar-refractivity contribution is 7.07. The second-order valence-electron chi connectivity index (χ2n) is 6.15. The summed E-state index contributed by atoms with van der Waals surface area (Å²) in [7, 11) is 0. The lowest BCUT2D eigenvalue weighted by Crippen LogP contribution is -2.43. The molecule has 1 aliphatic heterocycles. The van der Waals surface area contributed by atoms with Crippen LogP contribution in [0.25, 0.3) is 0 Å². The minimum atomic E-state index is -0.303. The molecule has 1 saturated heterocycles. The topological polar surface area (TPSA) is 47.5 Å². The second-order valence-corrected chi connectivity index (χ2v) is 6.93. The third-order valence-electron chi connectivity index (χ3n) is 4.11. The number of hydrogen-bond acceptors (Lipinski definition) is 6. The van der Waals surface area contributed by atoms with Crippen LogP contribution in [-0.2, 0) is 4.74 Å². The van der Waals surface area contributed by atoms with E-state index in [4.69, 9.17) is 9.47 Å². The number of morpholine rings is 1. The van der Waals surface area contributed by atoms with Crippen molar-refractivity contribution in [2.45, 2.75) is 19.1 Å². The van der Waals surface area contributed by atoms with E-state index >= 15 is 0 Å². The van der Waals surface area contributed by atoms with Crippen molar-refractivity contribution in [3.63, 3.8) is 0 Å². The van der Waals surface area contributed by atoms with Crippen LogP contribution in [-0.4, -0.2) is 29.2 Å². The van der Waals surface area contributed by atoms with Crippen LogP contribution < -0.4 is 9.64 Å². The number of nitrogens with zero attached hydrogens (tertiary/aromatic N) is 3. The zero-order valence-corrected chi connectivity index (χ0v) is 15.0. The molecule has 0 bridgehead atoms. The predicted octanol–water partition coefficient (Wildman–Crippen LogP) is 4.44. The van der Waals surface area contributed by atoms with Gasteiger partial charge < -0.3 is 14.4 Å². The second kappa shape index (κ2) is 7.39. The third-order valence-corrected chi connectivity index (χ3v) is 4.81. The van der Waals surface area contributed by atoms with Crippen molar-refractivity contribution < 1.29 is 13.9 Å². The molecule has 0 saturated carbocycles. The minimum Gasteiger partial charge on any atom is -0.439 e. The molecule has 2 atom stereocenters. The lowest BCUT2D eigenvalue weighted by Gasteiger charge is -2.36. The molecule has 1 fully saturated rings. The number of halogens is 1. The lowest BCUT2D eigenvalue weighted by molar-refractivity contribution is -0.0176. The Balaban J connectivity index is 1.52. The Bertz CT molecular complexity index is 857. The first-order valence-electron chi connectivity index (χ1n) is 8.36. The van der Waals surface area contributed by atoms with Gasteiger partial charge >= 0.3 is 0 Å². The van der Waals surface area contributed by atoms with Gasteiger partial charge in [-0.15, -0.1) is 0 Å². The molecular weight excluding hydrogens is 353 g/mol. The van der Waals surface area contributed by atoms with Crippen LogP contribution in [0, 0.1) is 5.82 Å². The van der Waals surface area contributed by atoms with Gasteiger partial charge in [-0.3, -0.25) is 0 Å². The first-order valence-corrected chi connectivity index (χ1v) is 9.30. The van der Waals surface area contributed by atoms with Crippen molar-refractivity contribution in [1.29, 1.82) is 0 Å². The molecule has 3 heterocycles. The number of ether oxygens (including phenoxy) is 2. The van der Waals surface area contributed by atoms with E-state index < -0.39 is 0 Å². The van der Waals surface area contributed by atoms with E-state index in [0.29, 0.717) is 30.7 Å². The van der Waals surface area contributed by atoms with Crippen LogP contribution in [0.3, 0.4) is 0 Å². The highest BCUT2D eigenvalue weighted by Crippen LogP contribution is 2.29. The summed E-state index contributed by atoms with van der Waals surface area (Å²) in [5.74, 6) is 1.25. The summed E-state index contributed by atoms with van der Waals surface area (Å²) in [5, 5.41) is 4.16. The van der Waals surface area contributed by atoms with Gasteiger partial charge in [-0.2, -0.15) is 16.3 Å². The van der Waals surface area contributed by atoms with Crippen LogP contribution >= 0.6 is 11.3 Å². The summed E-state index contributed by atoms with van der Waals surface area (Å²) in [6.45, 7) is 3.44. The fourth-order valence-corrected chi connectivity index (χ4v) is 3.62. The highest BCUT2D eigenvalue weighted by atomic mass is 32.1. The summed E-state index contributed by atoms with van der Waals surface area (Å²) in [5.41, 5.74) is 1.17. The third kappa shape index (κ3) is 3.84. The number of hydrogen-bond donors (Lipinski definition) is 0. The van der Waals surface area contributed by atoms with Crippen molar-refractivity contribution in [3.05, 3.63) is 64.7 Å². The SMILES string of the molecule is CC1CN(c2nccc(Oc3ccc(F)cc3)n2)CC(c2ccsc2)O1. The molecule has 0 radical (unpaired) electrons. The van der Waals surface area contributed by atoms with Crippen LogP contribution in [0.1, 0.15) is 18.6 Å². The molecule has 4 rings (SSSR count). The number of anilines is 1. The summed E-state index contributed by atoms with van der Waals surface area (Å²) in [4.78, 5) is 11.0. The first kappa shape index (κ1) is 16.9. The number of thiophene rings is 1. The summed E-state index contributed by atoms with van der Waals surface area (Å²) >= 11 is 1.66. The van der Waals surface area contributed by atoms with Crippen molar-refractivity contribution in [2.24, 2.45) is 0 Å². The fraction of sp³-hybridized carbons (Fsp3) is 0.263. The maximum absolute atomic E-state index is 13.0. The molecule has 26 heavy (non-hydrogen) atoms. The van der Waals surface area contributed by atoms with Crippen LogP contribution in [0.4, 0.5) is 10.3 Å². The van der Waals surface area contributed by atoms with Crippen LogP contribution in [0.2, 0.25) is 0 Å². The number of benzene rings is 1. The number of aromatic nitrogens is 2. The van der Waals surface area contributed by atoms with Crippen molar-refractivity contribution >= 4 is 17.3 Å². The maximum atomic E-state index is 13.0. The van der Waals surface area contributed by atoms with Gasteiger partial charge in [-0.05, 0) is 53.6 Å². The van der Waals surface area contributed by atoms with Gasteiger partial charge in [0.15, 0.2) is 0 Å². The Kier molecular flexibility index (Phi) is 4.81. The largest absolute Gasteiger partial charge is 0.439 e. The van der Waals surface area contributed by atoms with Gasteiger partial charge in [0.2, 0.25) is 11.8 Å². The Hall–Kier alpha value is -2.51. The maximum Gasteiger partial charge on any atom is 0.228 e. The fourth-order valence-electron chi connectivity index (χ4n) is 2.92. The Morgan fingerprint density at radius 1 is 1.19 bits per heavy atom. The molecule has 0 aliphatic carbocycles. The Morgan fingerprint density at radius 3 is 2.81 bits per heavy atom. The van der Waals surface area contributed by atoms with Gasteiger partial charge in [0.05, 0.1) is 12.6 Å². The quantitative estimate of drug-likeness (QED) is 0.679. The monoisotopic (exact) mass is 371 g/mol. The van der Waals surface area contributed by atoms with Crippen molar-refractivity contribution in [1.82, 2.24) is 9.97 Å². The molecule has 0 amide bonds. The average Bonchev–Trinajstić information content (AvgIpc) is 3.18.